The van der Waals surface area contributed by atoms with Gasteiger partial charge in [-0.05, 0) is 78.9 Å². The molecule has 150 valence electrons. The molecule has 3 rings (SSSR count). The zero-order valence-corrected chi connectivity index (χ0v) is 16.5. The van der Waals surface area contributed by atoms with E-state index in [1.165, 1.54) is 23.3 Å². The quantitative estimate of drug-likeness (QED) is 0.678. The van der Waals surface area contributed by atoms with E-state index in [0.29, 0.717) is 5.69 Å². The van der Waals surface area contributed by atoms with E-state index in [9.17, 15) is 18.0 Å². The van der Waals surface area contributed by atoms with Gasteiger partial charge in [0, 0.05) is 24.3 Å². The lowest BCUT2D eigenvalue weighted by Crippen LogP contribution is -2.31. The first-order chi connectivity index (χ1) is 13.4. The van der Waals surface area contributed by atoms with E-state index in [2.05, 4.69) is 16.5 Å². The molecular formula is C21H23F3N2OS. The molecule has 0 saturated carbocycles. The Bertz CT molecular complexity index is 821. The highest BCUT2D eigenvalue weighted by Crippen LogP contribution is 2.29. The molecule has 7 heteroatoms. The fraction of sp³-hybridized carbons (Fsp3) is 0.381. The number of halogens is 3. The third-order valence-electron chi connectivity index (χ3n) is 4.85. The summed E-state index contributed by atoms with van der Waals surface area (Å²) in [6.07, 6.45) is -0.158. The van der Waals surface area contributed by atoms with Crippen molar-refractivity contribution in [3.05, 3.63) is 64.7 Å². The maximum Gasteiger partial charge on any atom is 0.416 e. The predicted octanol–water partition coefficient (Wildman–Crippen LogP) is 5.07. The minimum Gasteiger partial charge on any atom is -0.322 e. The number of hydrogen-bond donors (Lipinski definition) is 1. The highest BCUT2D eigenvalue weighted by molar-refractivity contribution is 7.98. The Morgan fingerprint density at radius 1 is 1.14 bits per heavy atom. The molecule has 0 spiro atoms. The number of benzene rings is 2. The molecule has 0 atom stereocenters. The number of rotatable bonds is 6. The topological polar surface area (TPSA) is 32.3 Å². The Morgan fingerprint density at radius 3 is 2.57 bits per heavy atom. The first-order valence-electron chi connectivity index (χ1n) is 9.18. The van der Waals surface area contributed by atoms with Crippen LogP contribution in [0.25, 0.3) is 0 Å². The van der Waals surface area contributed by atoms with Crippen LogP contribution in [0.15, 0.2) is 42.5 Å². The Kier molecular flexibility index (Phi) is 6.67. The van der Waals surface area contributed by atoms with Crippen molar-refractivity contribution in [2.75, 3.05) is 30.4 Å². The largest absolute Gasteiger partial charge is 0.416 e. The highest BCUT2D eigenvalue weighted by atomic mass is 32.2. The van der Waals surface area contributed by atoms with Crippen molar-refractivity contribution < 1.29 is 18.0 Å². The van der Waals surface area contributed by atoms with Gasteiger partial charge in [0.2, 0.25) is 0 Å². The predicted molar refractivity (Wildman–Crippen MR) is 108 cm³/mol. The van der Waals surface area contributed by atoms with Crippen molar-refractivity contribution in [3.8, 4) is 0 Å². The zero-order chi connectivity index (χ0) is 20.1. The van der Waals surface area contributed by atoms with Crippen molar-refractivity contribution in [1.82, 2.24) is 4.90 Å². The molecule has 1 aliphatic rings. The van der Waals surface area contributed by atoms with E-state index in [0.717, 1.165) is 50.4 Å². The first kappa shape index (κ1) is 20.7. The number of nitrogens with zero attached hydrogens (tertiary/aromatic N) is 1. The minimum atomic E-state index is -4.41. The maximum absolute atomic E-state index is 12.7. The van der Waals surface area contributed by atoms with Crippen molar-refractivity contribution in [1.29, 1.82) is 0 Å². The second-order valence-electron chi connectivity index (χ2n) is 6.89. The molecule has 0 fully saturated rings. The lowest BCUT2D eigenvalue weighted by atomic mass is 9.99. The van der Waals surface area contributed by atoms with Gasteiger partial charge in [0.1, 0.15) is 0 Å². The average Bonchev–Trinajstić information content (AvgIpc) is 2.67. The van der Waals surface area contributed by atoms with Gasteiger partial charge in [-0.2, -0.15) is 24.9 Å². The number of nitrogens with one attached hydrogen (secondary N) is 1. The lowest BCUT2D eigenvalue weighted by molar-refractivity contribution is -0.137. The van der Waals surface area contributed by atoms with Crippen LogP contribution < -0.4 is 5.32 Å². The van der Waals surface area contributed by atoms with E-state index in [1.807, 2.05) is 30.0 Å². The van der Waals surface area contributed by atoms with Crippen molar-refractivity contribution >= 4 is 23.4 Å². The number of amides is 1. The van der Waals surface area contributed by atoms with Crippen LogP contribution in [-0.4, -0.2) is 35.9 Å². The van der Waals surface area contributed by atoms with Gasteiger partial charge in [0.05, 0.1) is 5.56 Å². The molecule has 0 aliphatic carbocycles. The van der Waals surface area contributed by atoms with Crippen LogP contribution in [0.2, 0.25) is 0 Å². The smallest absolute Gasteiger partial charge is 0.322 e. The summed E-state index contributed by atoms with van der Waals surface area (Å²) in [4.78, 5) is 14.8. The molecule has 0 bridgehead atoms. The van der Waals surface area contributed by atoms with Gasteiger partial charge in [-0.25, -0.2) is 0 Å². The molecule has 0 unspecified atom stereocenters. The van der Waals surface area contributed by atoms with Crippen molar-refractivity contribution in [2.45, 2.75) is 25.6 Å². The van der Waals surface area contributed by atoms with Crippen molar-refractivity contribution in [2.24, 2.45) is 0 Å². The number of carbonyl (C=O) groups is 1. The Labute approximate surface area is 167 Å². The number of alkyl halides is 3. The van der Waals surface area contributed by atoms with Crippen LogP contribution >= 0.6 is 11.8 Å². The van der Waals surface area contributed by atoms with Crippen LogP contribution in [0, 0.1) is 0 Å². The normalized spacial score (nSPS) is 14.6. The molecule has 0 aromatic heterocycles. The molecule has 1 aliphatic heterocycles. The molecule has 0 saturated heterocycles. The number of hydrogen-bond acceptors (Lipinski definition) is 3. The number of anilines is 1. The van der Waals surface area contributed by atoms with Gasteiger partial charge in [-0.3, -0.25) is 9.69 Å². The summed E-state index contributed by atoms with van der Waals surface area (Å²) >= 11 is 1.85. The highest BCUT2D eigenvalue weighted by Gasteiger charge is 2.30. The summed E-state index contributed by atoms with van der Waals surface area (Å²) in [7, 11) is 0. The van der Waals surface area contributed by atoms with Gasteiger partial charge in [0.25, 0.3) is 5.91 Å². The molecule has 3 nitrogen and oxygen atoms in total. The van der Waals surface area contributed by atoms with E-state index in [-0.39, 0.29) is 5.56 Å². The van der Waals surface area contributed by atoms with Crippen LogP contribution in [-0.2, 0) is 19.1 Å². The molecule has 1 amide bonds. The Morgan fingerprint density at radius 2 is 1.89 bits per heavy atom. The van der Waals surface area contributed by atoms with E-state index in [1.54, 1.807) is 0 Å². The van der Waals surface area contributed by atoms with Crippen LogP contribution in [0.1, 0.15) is 33.5 Å². The molecule has 28 heavy (non-hydrogen) atoms. The molecular weight excluding hydrogens is 385 g/mol. The standard InChI is InChI=1S/C21H23F3N2OS/c1-28-12-2-10-26-11-9-15-5-8-19(13-17(15)14-26)25-20(27)16-3-6-18(7-4-16)21(22,23)24/h3-8,13H,2,9-12,14H2,1H3,(H,25,27). The van der Waals surface area contributed by atoms with Crippen molar-refractivity contribution in [3.63, 3.8) is 0 Å². The second kappa shape index (κ2) is 9.01. The zero-order valence-electron chi connectivity index (χ0n) is 15.7. The van der Waals surface area contributed by atoms with Crippen LogP contribution in [0.5, 0.6) is 0 Å². The lowest BCUT2D eigenvalue weighted by Gasteiger charge is -2.29. The SMILES string of the molecule is CSCCCN1CCc2ccc(NC(=O)c3ccc(C(F)(F)F)cc3)cc2C1. The number of fused-ring (bicyclic) bond motifs is 1. The first-order valence-corrected chi connectivity index (χ1v) is 10.6. The third kappa shape index (κ3) is 5.29. The summed E-state index contributed by atoms with van der Waals surface area (Å²) in [5.74, 6) is 0.730. The summed E-state index contributed by atoms with van der Waals surface area (Å²) < 4.78 is 38.0. The fourth-order valence-corrected chi connectivity index (χ4v) is 3.75. The number of carbonyl (C=O) groups excluding carboxylic acids is 1. The van der Waals surface area contributed by atoms with E-state index in [4.69, 9.17) is 0 Å². The number of thioether (sulfide) groups is 1. The monoisotopic (exact) mass is 408 g/mol. The Hall–Kier alpha value is -1.99. The molecule has 2 aromatic carbocycles. The van der Waals surface area contributed by atoms with E-state index < -0.39 is 17.6 Å². The minimum absolute atomic E-state index is 0.199. The summed E-state index contributed by atoms with van der Waals surface area (Å²) in [5.41, 5.74) is 2.58. The van der Waals surface area contributed by atoms with Gasteiger partial charge < -0.3 is 5.32 Å². The maximum atomic E-state index is 12.7. The van der Waals surface area contributed by atoms with Crippen LogP contribution in [0.3, 0.4) is 0 Å². The van der Waals surface area contributed by atoms with Gasteiger partial charge >= 0.3 is 6.18 Å². The van der Waals surface area contributed by atoms with Gasteiger partial charge in [-0.15, -0.1) is 0 Å². The molecule has 2 aromatic rings. The summed E-state index contributed by atoms with van der Waals surface area (Å²) in [5, 5.41) is 2.79. The summed E-state index contributed by atoms with van der Waals surface area (Å²) in [6, 6.07) is 10.1. The molecule has 1 heterocycles. The van der Waals surface area contributed by atoms with Gasteiger partial charge in [0.15, 0.2) is 0 Å². The third-order valence-corrected chi connectivity index (χ3v) is 5.55. The Balaban J connectivity index is 1.65. The van der Waals surface area contributed by atoms with E-state index >= 15 is 0 Å². The van der Waals surface area contributed by atoms with Crippen LogP contribution in [0.4, 0.5) is 18.9 Å². The molecule has 1 N–H and O–H groups in total. The molecule has 0 radical (unpaired) electrons. The van der Waals surface area contributed by atoms with Gasteiger partial charge in [-0.1, -0.05) is 6.07 Å². The summed E-state index contributed by atoms with van der Waals surface area (Å²) in [6.45, 7) is 2.95. The fourth-order valence-electron chi connectivity index (χ4n) is 3.33. The second-order valence-corrected chi connectivity index (χ2v) is 7.87. The average molecular weight is 408 g/mol.